The van der Waals surface area contributed by atoms with E-state index in [9.17, 15) is 0 Å². The first-order valence-corrected chi connectivity index (χ1v) is 6.93. The summed E-state index contributed by atoms with van der Waals surface area (Å²) in [6.45, 7) is 0.752. The Labute approximate surface area is 122 Å². The fraction of sp³-hybridized carbons (Fsp3) is 0.286. The molecule has 6 heteroatoms. The van der Waals surface area contributed by atoms with E-state index in [-0.39, 0.29) is 0 Å². The number of imidazole rings is 1. The first-order valence-electron chi connectivity index (χ1n) is 6.39. The SMILES string of the molecule is CN(Cc1cnn(C)c1)c1nc2ccccn2c1CCl. The van der Waals surface area contributed by atoms with E-state index in [0.29, 0.717) is 5.88 Å². The van der Waals surface area contributed by atoms with E-state index in [2.05, 4.69) is 15.0 Å². The Hall–Kier alpha value is -2.01. The van der Waals surface area contributed by atoms with Crippen LogP contribution in [0.25, 0.3) is 5.65 Å². The van der Waals surface area contributed by atoms with Crippen molar-refractivity contribution in [1.82, 2.24) is 19.2 Å². The van der Waals surface area contributed by atoms with Gasteiger partial charge in [-0.15, -0.1) is 11.6 Å². The topological polar surface area (TPSA) is 38.4 Å². The molecule has 0 fully saturated rings. The molecule has 5 nitrogen and oxygen atoms in total. The summed E-state index contributed by atoms with van der Waals surface area (Å²) in [4.78, 5) is 6.76. The van der Waals surface area contributed by atoms with Crippen molar-refractivity contribution in [3.63, 3.8) is 0 Å². The van der Waals surface area contributed by atoms with Crippen LogP contribution < -0.4 is 4.90 Å². The summed E-state index contributed by atoms with van der Waals surface area (Å²) in [7, 11) is 3.93. The molecular formula is C14H16ClN5. The quantitative estimate of drug-likeness (QED) is 0.693. The summed E-state index contributed by atoms with van der Waals surface area (Å²) in [5.41, 5.74) is 3.07. The normalized spacial score (nSPS) is 11.2. The fourth-order valence-electron chi connectivity index (χ4n) is 2.37. The maximum absolute atomic E-state index is 6.10. The molecule has 0 aliphatic carbocycles. The Morgan fingerprint density at radius 3 is 2.90 bits per heavy atom. The molecule has 3 aromatic heterocycles. The lowest BCUT2D eigenvalue weighted by molar-refractivity contribution is 0.766. The molecule has 104 valence electrons. The lowest BCUT2D eigenvalue weighted by Crippen LogP contribution is -2.18. The molecular weight excluding hydrogens is 274 g/mol. The standard InChI is InChI=1S/C14H16ClN5/c1-18(9-11-8-16-19(2)10-11)14-12(7-15)20-6-4-3-5-13(20)17-14/h3-6,8,10H,7,9H2,1-2H3. The first kappa shape index (κ1) is 13.0. The van der Waals surface area contributed by atoms with Gasteiger partial charge in [-0.1, -0.05) is 6.07 Å². The van der Waals surface area contributed by atoms with Gasteiger partial charge >= 0.3 is 0 Å². The van der Waals surface area contributed by atoms with E-state index >= 15 is 0 Å². The van der Waals surface area contributed by atoms with E-state index < -0.39 is 0 Å². The number of alkyl halides is 1. The van der Waals surface area contributed by atoms with Crippen LogP contribution in [0.2, 0.25) is 0 Å². The van der Waals surface area contributed by atoms with Gasteiger partial charge in [0.1, 0.15) is 5.65 Å². The van der Waals surface area contributed by atoms with E-state index in [1.807, 2.05) is 55.3 Å². The number of halogens is 1. The van der Waals surface area contributed by atoms with Crippen LogP contribution >= 0.6 is 11.6 Å². The number of aryl methyl sites for hydroxylation is 1. The highest BCUT2D eigenvalue weighted by molar-refractivity contribution is 6.17. The van der Waals surface area contributed by atoms with Crippen molar-refractivity contribution in [3.8, 4) is 0 Å². The Morgan fingerprint density at radius 2 is 2.20 bits per heavy atom. The van der Waals surface area contributed by atoms with Crippen molar-refractivity contribution in [1.29, 1.82) is 0 Å². The van der Waals surface area contributed by atoms with Gasteiger partial charge in [0.15, 0.2) is 5.82 Å². The van der Waals surface area contributed by atoms with E-state index in [0.717, 1.165) is 29.3 Å². The third-order valence-corrected chi connectivity index (χ3v) is 3.53. The maximum atomic E-state index is 6.10. The molecule has 0 spiro atoms. The number of anilines is 1. The molecule has 0 N–H and O–H groups in total. The zero-order valence-electron chi connectivity index (χ0n) is 11.5. The van der Waals surface area contributed by atoms with Gasteiger partial charge in [-0.25, -0.2) is 4.98 Å². The van der Waals surface area contributed by atoms with Gasteiger partial charge in [-0.2, -0.15) is 5.10 Å². The second-order valence-corrected chi connectivity index (χ2v) is 5.09. The van der Waals surface area contributed by atoms with Crippen LogP contribution in [0.5, 0.6) is 0 Å². The molecule has 3 aromatic rings. The van der Waals surface area contributed by atoms with Crippen molar-refractivity contribution in [2.45, 2.75) is 12.4 Å². The molecule has 0 saturated heterocycles. The predicted octanol–water partition coefficient (Wildman–Crippen LogP) is 2.44. The molecule has 3 rings (SSSR count). The minimum Gasteiger partial charge on any atom is -0.354 e. The Balaban J connectivity index is 1.96. The zero-order chi connectivity index (χ0) is 14.1. The monoisotopic (exact) mass is 289 g/mol. The van der Waals surface area contributed by atoms with Crippen LogP contribution in [0.4, 0.5) is 5.82 Å². The molecule has 0 bridgehead atoms. The molecule has 0 aliphatic rings. The average molecular weight is 290 g/mol. The van der Waals surface area contributed by atoms with Crippen molar-refractivity contribution < 1.29 is 0 Å². The second kappa shape index (κ2) is 5.17. The van der Waals surface area contributed by atoms with Crippen LogP contribution in [0.15, 0.2) is 36.8 Å². The highest BCUT2D eigenvalue weighted by Gasteiger charge is 2.15. The number of pyridine rings is 1. The molecule has 0 amide bonds. The number of fused-ring (bicyclic) bond motifs is 1. The van der Waals surface area contributed by atoms with Crippen LogP contribution in [-0.4, -0.2) is 26.2 Å². The van der Waals surface area contributed by atoms with Crippen molar-refractivity contribution in [3.05, 3.63) is 48.0 Å². The number of nitrogens with zero attached hydrogens (tertiary/aromatic N) is 5. The number of rotatable bonds is 4. The van der Waals surface area contributed by atoms with Gasteiger partial charge < -0.3 is 9.30 Å². The van der Waals surface area contributed by atoms with Crippen LogP contribution in [0.1, 0.15) is 11.3 Å². The summed E-state index contributed by atoms with van der Waals surface area (Å²) < 4.78 is 3.83. The fourth-order valence-corrected chi connectivity index (χ4v) is 2.61. The van der Waals surface area contributed by atoms with Crippen LogP contribution in [0.3, 0.4) is 0 Å². The zero-order valence-corrected chi connectivity index (χ0v) is 12.2. The molecule has 0 aromatic carbocycles. The van der Waals surface area contributed by atoms with Gasteiger partial charge in [-0.3, -0.25) is 4.68 Å². The van der Waals surface area contributed by atoms with Crippen molar-refractivity contribution in [2.75, 3.05) is 11.9 Å². The van der Waals surface area contributed by atoms with Gasteiger partial charge in [0.25, 0.3) is 0 Å². The molecule has 20 heavy (non-hydrogen) atoms. The van der Waals surface area contributed by atoms with Gasteiger partial charge in [0, 0.05) is 38.6 Å². The van der Waals surface area contributed by atoms with Crippen molar-refractivity contribution in [2.24, 2.45) is 7.05 Å². The van der Waals surface area contributed by atoms with E-state index in [1.54, 1.807) is 4.68 Å². The highest BCUT2D eigenvalue weighted by Crippen LogP contribution is 2.23. The molecule has 0 unspecified atom stereocenters. The van der Waals surface area contributed by atoms with Crippen molar-refractivity contribution >= 4 is 23.1 Å². The summed E-state index contributed by atoms with van der Waals surface area (Å²) in [5.74, 6) is 1.34. The third-order valence-electron chi connectivity index (χ3n) is 3.27. The van der Waals surface area contributed by atoms with Gasteiger partial charge in [-0.05, 0) is 12.1 Å². The molecule has 0 saturated carbocycles. The minimum absolute atomic E-state index is 0.428. The Morgan fingerprint density at radius 1 is 1.35 bits per heavy atom. The van der Waals surface area contributed by atoms with Crippen LogP contribution in [0, 0.1) is 0 Å². The second-order valence-electron chi connectivity index (χ2n) is 4.82. The van der Waals surface area contributed by atoms with E-state index in [1.165, 1.54) is 0 Å². The molecule has 0 atom stereocenters. The number of hydrogen-bond donors (Lipinski definition) is 0. The van der Waals surface area contributed by atoms with Gasteiger partial charge in [0.05, 0.1) is 17.8 Å². The maximum Gasteiger partial charge on any atom is 0.152 e. The lowest BCUT2D eigenvalue weighted by Gasteiger charge is -2.16. The predicted molar refractivity (Wildman–Crippen MR) is 80.1 cm³/mol. The van der Waals surface area contributed by atoms with Crippen LogP contribution in [-0.2, 0) is 19.5 Å². The lowest BCUT2D eigenvalue weighted by atomic mass is 10.3. The van der Waals surface area contributed by atoms with Gasteiger partial charge in [0.2, 0.25) is 0 Å². The summed E-state index contributed by atoms with van der Waals surface area (Å²) in [6, 6.07) is 5.94. The molecule has 0 radical (unpaired) electrons. The average Bonchev–Trinajstić information content (AvgIpc) is 3.01. The molecule has 3 heterocycles. The summed E-state index contributed by atoms with van der Waals surface area (Å²) in [5, 5.41) is 4.19. The summed E-state index contributed by atoms with van der Waals surface area (Å²) in [6.07, 6.45) is 5.86. The Kier molecular flexibility index (Phi) is 3.36. The largest absolute Gasteiger partial charge is 0.354 e. The highest BCUT2D eigenvalue weighted by atomic mass is 35.5. The van der Waals surface area contributed by atoms with E-state index in [4.69, 9.17) is 11.6 Å². The first-order chi connectivity index (χ1) is 9.69. The number of aromatic nitrogens is 4. The minimum atomic E-state index is 0.428. The Bertz CT molecular complexity index is 730. The third kappa shape index (κ3) is 2.25. The smallest absolute Gasteiger partial charge is 0.152 e. The summed E-state index contributed by atoms with van der Waals surface area (Å²) >= 11 is 6.10. The molecule has 0 aliphatic heterocycles. The number of hydrogen-bond acceptors (Lipinski definition) is 3.